The quantitative estimate of drug-likeness (QED) is 0.0773. The lowest BCUT2D eigenvalue weighted by atomic mass is 9.75. The van der Waals surface area contributed by atoms with E-state index in [1.165, 1.54) is 138 Å². The van der Waals surface area contributed by atoms with Crippen molar-refractivity contribution in [3.63, 3.8) is 0 Å². The molecule has 0 bridgehead atoms. The van der Waals surface area contributed by atoms with E-state index in [2.05, 4.69) is 185 Å². The molecule has 0 unspecified atom stereocenters. The molecule has 4 aromatic heterocycles. The van der Waals surface area contributed by atoms with Gasteiger partial charge in [0.25, 0.3) is 23.6 Å². The summed E-state index contributed by atoms with van der Waals surface area (Å²) in [6.07, 6.45) is 13.9. The molecule has 0 radical (unpaired) electrons. The zero-order chi connectivity index (χ0) is 91.1. The Bertz CT molecular complexity index is 6370. The summed E-state index contributed by atoms with van der Waals surface area (Å²) >= 11 is 9.49. The van der Waals surface area contributed by atoms with Crippen molar-refractivity contribution in [1.82, 2.24) is 35.5 Å². The Kier molecular flexibility index (Phi) is 24.4. The maximum Gasteiger partial charge on any atom is 0.495 e. The molecular formula is C104H109BBrN15O8S4. The van der Waals surface area contributed by atoms with Gasteiger partial charge in [-0.2, -0.15) is 0 Å². The fraction of sp³-hybridized carbons (Fsp3) is 0.375. The van der Waals surface area contributed by atoms with Crippen molar-refractivity contribution >= 4 is 149 Å². The average Bonchev–Trinajstić information content (AvgIpc) is 1.62. The Balaban J connectivity index is 0.000000110. The van der Waals surface area contributed by atoms with Gasteiger partial charge in [-0.15, -0.1) is 45.3 Å². The molecule has 25 rings (SSSR count). The zero-order valence-electron chi connectivity index (χ0n) is 76.2. The number of nitrogens with one attached hydrogen (secondary N) is 6. The molecule has 8 aromatic carbocycles. The molecule has 12 aliphatic heterocycles. The van der Waals surface area contributed by atoms with Crippen LogP contribution in [0, 0.1) is 0 Å². The highest BCUT2D eigenvalue weighted by molar-refractivity contribution is 9.10. The van der Waals surface area contributed by atoms with Gasteiger partial charge < -0.3 is 70.4 Å². The topological polar surface area (TPSA) is 253 Å². The smallest absolute Gasteiger partial charge is 0.444 e. The van der Waals surface area contributed by atoms with E-state index in [1.54, 1.807) is 16.2 Å². The number of anilines is 8. The number of carbonyl (C=O) groups is 5. The Labute approximate surface area is 801 Å². The van der Waals surface area contributed by atoms with Crippen LogP contribution in [0.1, 0.15) is 187 Å². The standard InChI is InChI=1S/C36H37N5O4S2.C30H28N6O2S2.C16H16N2.C14H20BNO2.C8H8BrN/c1-36(2,3)45-35(44)39-17-16-26-30(20-39)47-32(38-26)34(43)41-19-15-24-22(9-7-12-28(24)41)21-8-6-11-27-23(21)14-18-40(27)33(42)31-37-25-10-4-5-13-29(25)46-31;37-29(27-33-21-7-11-31-15-25(21)39-27)35-13-9-19-17(3-1-5-23(19)35)18-4-2-6-24-20(18)10-14-36(24)30(38)28-34-22-8-12-32-16-26(22)40-28;1-3-11(13-7-9-17-15(13)5-1)12-4-2-6-16-14(12)8-10-18-16;1-13(2)14(3,4)18-15(17-13)11-6-5-7-12-10(11)8-9-16-12;9-7-2-1-3-8-6(7)4-5-10-8/h6-9,11-12H,4-5,10,13-20H2,1-3H3;1-6,31-32H,7-16H2;1-6,17-18H,7-10H2;5-7,16H,8-9H2,1-4H3;1-3,10H,4-5H2. The summed E-state index contributed by atoms with van der Waals surface area (Å²) in [5.74, 6) is -0.125. The second-order valence-corrected chi connectivity index (χ2v) is 43.1. The normalized spacial score (nSPS) is 17.7. The van der Waals surface area contributed by atoms with Crippen LogP contribution >= 0.6 is 61.3 Å². The number of ether oxygens (including phenoxy) is 1. The molecule has 16 heterocycles. The molecule has 29 heteroatoms. The number of rotatable bonds is 8. The molecule has 6 N–H and O–H groups in total. The number of hydrogen-bond acceptors (Lipinski definition) is 22. The molecule has 5 amide bonds. The number of amides is 5. The van der Waals surface area contributed by atoms with E-state index in [9.17, 15) is 24.0 Å². The fourth-order valence-electron chi connectivity index (χ4n) is 20.8. The number of halogens is 1. The molecule has 1 saturated heterocycles. The summed E-state index contributed by atoms with van der Waals surface area (Å²) in [6, 6.07) is 50.7. The number of fused-ring (bicyclic) bond motifs is 12. The molecule has 13 aliphatic rings. The molecule has 682 valence electrons. The third-order valence-electron chi connectivity index (χ3n) is 28.1. The molecule has 12 aromatic rings. The number of nitrogens with zero attached hydrogens (tertiary/aromatic N) is 9. The number of aromatic nitrogens is 4. The van der Waals surface area contributed by atoms with Gasteiger partial charge >= 0.3 is 13.2 Å². The van der Waals surface area contributed by atoms with Gasteiger partial charge in [0.2, 0.25) is 0 Å². The molecule has 23 nitrogen and oxygen atoms in total. The van der Waals surface area contributed by atoms with Crippen molar-refractivity contribution in [2.24, 2.45) is 0 Å². The van der Waals surface area contributed by atoms with Gasteiger partial charge in [-0.3, -0.25) is 19.2 Å². The van der Waals surface area contributed by atoms with Gasteiger partial charge in [-0.1, -0.05) is 107 Å². The van der Waals surface area contributed by atoms with Crippen LogP contribution in [-0.2, 0) is 117 Å². The lowest BCUT2D eigenvalue weighted by Crippen LogP contribution is -2.41. The number of carbonyl (C=O) groups excluding carboxylic acids is 5. The van der Waals surface area contributed by atoms with E-state index in [0.717, 1.165) is 214 Å². The SMILES string of the molecule is Brc1cccc2c1CCN2.CC(C)(C)OC(=O)N1CCc2nc(C(=O)N3CCc4c(-c5cccc6c5CCN6C(=O)c5nc6c(s5)CCCC6)cccc43)sc2C1.CC1(C)OB(c2cccc3c2CCN3)OC1(C)C.O=C(c1nc2c(s1)CNCC2)N1CCc2c(-c3cccc4c3CCN4C(=O)c3nc4c(s3)CNCC4)cccc21.c1cc2c(c(-c3cccc4c3CCN4)c1)CCN2. The van der Waals surface area contributed by atoms with Crippen molar-refractivity contribution in [2.45, 2.75) is 181 Å². The number of thiazole rings is 4. The van der Waals surface area contributed by atoms with Crippen LogP contribution in [0.4, 0.5) is 50.3 Å². The number of benzene rings is 8. The number of hydrogen-bond donors (Lipinski definition) is 6. The van der Waals surface area contributed by atoms with Crippen LogP contribution in [-0.4, -0.2) is 150 Å². The first-order chi connectivity index (χ1) is 64.5. The second kappa shape index (κ2) is 36.7. The highest BCUT2D eigenvalue weighted by Crippen LogP contribution is 2.48. The predicted octanol–water partition coefficient (Wildman–Crippen LogP) is 18.5. The van der Waals surface area contributed by atoms with Crippen LogP contribution < -0.4 is 57.0 Å². The summed E-state index contributed by atoms with van der Waals surface area (Å²) in [5.41, 5.74) is 30.9. The predicted molar refractivity (Wildman–Crippen MR) is 538 cm³/mol. The summed E-state index contributed by atoms with van der Waals surface area (Å²) < 4.78 is 19.1. The Hall–Kier alpha value is -11.0. The summed E-state index contributed by atoms with van der Waals surface area (Å²) in [6.45, 7) is 25.0. The van der Waals surface area contributed by atoms with Crippen molar-refractivity contribution in [1.29, 1.82) is 0 Å². The maximum atomic E-state index is 13.9. The van der Waals surface area contributed by atoms with Gasteiger partial charge in [0.05, 0.1) is 40.5 Å². The van der Waals surface area contributed by atoms with Crippen molar-refractivity contribution < 1.29 is 38.0 Å². The van der Waals surface area contributed by atoms with Crippen LogP contribution in [0.25, 0.3) is 33.4 Å². The zero-order valence-corrected chi connectivity index (χ0v) is 81.1. The van der Waals surface area contributed by atoms with Crippen LogP contribution in [0.2, 0.25) is 0 Å². The largest absolute Gasteiger partial charge is 0.495 e. The fourth-order valence-corrected chi connectivity index (χ4v) is 25.5. The van der Waals surface area contributed by atoms with E-state index >= 15 is 0 Å². The van der Waals surface area contributed by atoms with Crippen LogP contribution in [0.15, 0.2) is 150 Å². The number of aryl methyl sites for hydroxylation is 2. The van der Waals surface area contributed by atoms with Gasteiger partial charge in [0.1, 0.15) is 5.60 Å². The third kappa shape index (κ3) is 17.3. The third-order valence-corrected chi connectivity index (χ3v) is 33.2. The Morgan fingerprint density at radius 1 is 0.376 bits per heavy atom. The molecule has 1 aliphatic carbocycles. The highest BCUT2D eigenvalue weighted by Gasteiger charge is 2.53. The monoisotopic (exact) mass is 1910 g/mol. The minimum atomic E-state index is -0.564. The molecule has 1 fully saturated rings. The Morgan fingerprint density at radius 3 is 1.14 bits per heavy atom. The van der Waals surface area contributed by atoms with Crippen LogP contribution in [0.5, 0.6) is 0 Å². The Morgan fingerprint density at radius 2 is 0.722 bits per heavy atom. The van der Waals surface area contributed by atoms with Gasteiger partial charge in [-0.25, -0.2) is 24.7 Å². The van der Waals surface area contributed by atoms with Crippen LogP contribution in [0.3, 0.4) is 0 Å². The summed E-state index contributed by atoms with van der Waals surface area (Å²) in [7, 11) is -0.246. The van der Waals surface area contributed by atoms with E-state index in [4.69, 9.17) is 34.0 Å². The minimum Gasteiger partial charge on any atom is -0.444 e. The molecule has 0 spiro atoms. The molecule has 0 saturated carbocycles. The summed E-state index contributed by atoms with van der Waals surface area (Å²) in [5, 5.41) is 22.6. The second-order valence-electron chi connectivity index (χ2n) is 37.9. The van der Waals surface area contributed by atoms with Gasteiger partial charge in [0.15, 0.2) is 20.0 Å². The van der Waals surface area contributed by atoms with E-state index < -0.39 is 5.60 Å². The molecular weight excluding hydrogens is 1810 g/mol. The first kappa shape index (κ1) is 88.6. The average molecular weight is 1920 g/mol. The van der Waals surface area contributed by atoms with E-state index in [-0.39, 0.29) is 48.0 Å². The molecule has 0 atom stereocenters. The highest BCUT2D eigenvalue weighted by atomic mass is 79.9. The van der Waals surface area contributed by atoms with Crippen molar-refractivity contribution in [2.75, 3.05) is 113 Å². The maximum absolute atomic E-state index is 13.9. The minimum absolute atomic E-state index is 0.00396. The van der Waals surface area contributed by atoms with Crippen molar-refractivity contribution in [3.05, 3.63) is 257 Å². The molecule has 133 heavy (non-hydrogen) atoms. The van der Waals surface area contributed by atoms with Crippen molar-refractivity contribution in [3.8, 4) is 33.4 Å². The van der Waals surface area contributed by atoms with E-state index in [0.29, 0.717) is 65.7 Å². The lowest BCUT2D eigenvalue weighted by Gasteiger charge is -2.32. The first-order valence-corrected chi connectivity index (χ1v) is 51.1. The van der Waals surface area contributed by atoms with Gasteiger partial charge in [-0.05, 0) is 263 Å². The lowest BCUT2D eigenvalue weighted by molar-refractivity contribution is 0.00578. The van der Waals surface area contributed by atoms with Gasteiger partial charge in [0, 0.05) is 174 Å². The first-order valence-electron chi connectivity index (χ1n) is 47.1. The van der Waals surface area contributed by atoms with E-state index in [1.807, 2.05) is 76.8 Å². The summed E-state index contributed by atoms with van der Waals surface area (Å²) in [4.78, 5) is 100.